The summed E-state index contributed by atoms with van der Waals surface area (Å²) < 4.78 is 0. The molecule has 0 amide bonds. The van der Waals surface area contributed by atoms with E-state index in [-0.39, 0.29) is 1.43 Å². The van der Waals surface area contributed by atoms with E-state index in [0.717, 1.165) is 23.4 Å². The molecular weight excluding hydrogens is 294 g/mol. The van der Waals surface area contributed by atoms with Crippen molar-refractivity contribution in [3.05, 3.63) is 47.8 Å². The van der Waals surface area contributed by atoms with Crippen molar-refractivity contribution in [1.29, 1.82) is 0 Å². The number of benzene rings is 1. The molecular formula is C21H29N3. The van der Waals surface area contributed by atoms with Gasteiger partial charge >= 0.3 is 0 Å². The molecule has 3 heterocycles. The molecule has 4 rings (SSSR count). The highest BCUT2D eigenvalue weighted by molar-refractivity contribution is 6.04. The van der Waals surface area contributed by atoms with Crippen LogP contribution < -0.4 is 5.32 Å². The molecule has 3 heteroatoms. The second-order valence-electron chi connectivity index (χ2n) is 6.45. The predicted molar refractivity (Wildman–Crippen MR) is 105 cm³/mol. The van der Waals surface area contributed by atoms with Crippen molar-refractivity contribution in [3.63, 3.8) is 0 Å². The molecule has 1 fully saturated rings. The smallest absolute Gasteiger partial charge is 0.0891 e. The van der Waals surface area contributed by atoms with E-state index < -0.39 is 0 Å². The number of nitrogens with zero attached hydrogens (tertiary/aromatic N) is 2. The van der Waals surface area contributed by atoms with Crippen LogP contribution in [0.15, 0.2) is 36.7 Å². The number of fused-ring (bicyclic) bond motifs is 3. The number of hydrogen-bond acceptors (Lipinski definition) is 3. The molecule has 1 saturated heterocycles. The maximum atomic E-state index is 4.63. The van der Waals surface area contributed by atoms with E-state index in [1.807, 2.05) is 26.2 Å². The summed E-state index contributed by atoms with van der Waals surface area (Å²) in [5.74, 6) is 0.826. The minimum Gasteiger partial charge on any atom is -0.316 e. The van der Waals surface area contributed by atoms with Crippen molar-refractivity contribution in [1.82, 2.24) is 15.3 Å². The third-order valence-electron chi connectivity index (χ3n) is 4.75. The van der Waals surface area contributed by atoms with Crippen molar-refractivity contribution < 1.29 is 1.43 Å². The fraction of sp³-hybridized carbons (Fsp3) is 0.429. The van der Waals surface area contributed by atoms with Gasteiger partial charge in [-0.05, 0) is 69.0 Å². The standard InChI is InChI=1S/C19H21N3.C2H6.H2/c1-13-2-5-18-16(8-13)17-9-15(11-21-19(17)12-22-18)4-3-14-6-7-20-10-14;1-2;/h2,5,8-9,11-12,14,20H,3-4,6-7,10H2,1H3;1-2H3;1H. The number of aromatic nitrogens is 2. The van der Waals surface area contributed by atoms with Gasteiger partial charge in [-0.15, -0.1) is 0 Å². The third kappa shape index (κ3) is 3.57. The molecule has 0 radical (unpaired) electrons. The Morgan fingerprint density at radius 3 is 2.67 bits per heavy atom. The Hall–Kier alpha value is -2.00. The van der Waals surface area contributed by atoms with Gasteiger partial charge in [-0.25, -0.2) is 0 Å². The Morgan fingerprint density at radius 2 is 1.88 bits per heavy atom. The minimum absolute atomic E-state index is 0. The van der Waals surface area contributed by atoms with Gasteiger partial charge in [0.1, 0.15) is 0 Å². The highest BCUT2D eigenvalue weighted by Crippen LogP contribution is 2.25. The van der Waals surface area contributed by atoms with Gasteiger partial charge in [0.2, 0.25) is 0 Å². The maximum Gasteiger partial charge on any atom is 0.0891 e. The molecule has 1 unspecified atom stereocenters. The molecule has 1 aliphatic rings. The number of rotatable bonds is 3. The van der Waals surface area contributed by atoms with E-state index in [0.29, 0.717) is 0 Å². The molecule has 128 valence electrons. The molecule has 3 aromatic rings. The first-order chi connectivity index (χ1) is 11.8. The molecule has 0 aliphatic carbocycles. The van der Waals surface area contributed by atoms with Gasteiger partial charge in [0.05, 0.1) is 17.2 Å². The normalized spacial score (nSPS) is 17.0. The molecule has 1 aliphatic heterocycles. The van der Waals surface area contributed by atoms with Gasteiger partial charge in [0.15, 0.2) is 0 Å². The van der Waals surface area contributed by atoms with Crippen molar-refractivity contribution in [2.24, 2.45) is 5.92 Å². The molecule has 24 heavy (non-hydrogen) atoms. The van der Waals surface area contributed by atoms with Crippen LogP contribution in [0.2, 0.25) is 0 Å². The lowest BCUT2D eigenvalue weighted by Crippen LogP contribution is -2.09. The van der Waals surface area contributed by atoms with Crippen LogP contribution in [0.25, 0.3) is 21.8 Å². The third-order valence-corrected chi connectivity index (χ3v) is 4.75. The monoisotopic (exact) mass is 323 g/mol. The topological polar surface area (TPSA) is 37.8 Å². The first-order valence-electron chi connectivity index (χ1n) is 9.14. The SMILES string of the molecule is CC.Cc1ccc2ncc3ncc(CCC4CCNC4)cc3c2c1.[HH]. The zero-order valence-corrected chi connectivity index (χ0v) is 15.0. The van der Waals surface area contributed by atoms with E-state index in [1.54, 1.807) is 0 Å². The summed E-state index contributed by atoms with van der Waals surface area (Å²) in [4.78, 5) is 9.15. The van der Waals surface area contributed by atoms with E-state index in [2.05, 4.69) is 46.5 Å². The van der Waals surface area contributed by atoms with E-state index >= 15 is 0 Å². The first kappa shape index (κ1) is 16.8. The predicted octanol–water partition coefficient (Wildman–Crippen LogP) is 4.91. The average Bonchev–Trinajstić information content (AvgIpc) is 3.15. The van der Waals surface area contributed by atoms with Crippen LogP contribution in [-0.2, 0) is 6.42 Å². The van der Waals surface area contributed by atoms with Crippen LogP contribution in [0.1, 0.15) is 39.2 Å². The van der Waals surface area contributed by atoms with Crippen LogP contribution >= 0.6 is 0 Å². The fourth-order valence-corrected chi connectivity index (χ4v) is 3.41. The summed E-state index contributed by atoms with van der Waals surface area (Å²) >= 11 is 0. The Kier molecular flexibility index (Phi) is 5.41. The highest BCUT2D eigenvalue weighted by Gasteiger charge is 2.14. The maximum absolute atomic E-state index is 4.63. The average molecular weight is 323 g/mol. The van der Waals surface area contributed by atoms with Crippen LogP contribution in [-0.4, -0.2) is 23.1 Å². The lowest BCUT2D eigenvalue weighted by atomic mass is 9.98. The van der Waals surface area contributed by atoms with Gasteiger partial charge in [-0.1, -0.05) is 25.5 Å². The summed E-state index contributed by atoms with van der Waals surface area (Å²) in [6.07, 6.45) is 7.59. The summed E-state index contributed by atoms with van der Waals surface area (Å²) in [5, 5.41) is 5.89. The Balaban J connectivity index is 0.000000726. The summed E-state index contributed by atoms with van der Waals surface area (Å²) in [5.41, 5.74) is 4.65. The highest BCUT2D eigenvalue weighted by atomic mass is 14.9. The summed E-state index contributed by atoms with van der Waals surface area (Å²) in [6.45, 7) is 8.48. The van der Waals surface area contributed by atoms with Gasteiger partial charge in [0, 0.05) is 18.4 Å². The van der Waals surface area contributed by atoms with Crippen molar-refractivity contribution in [2.75, 3.05) is 13.1 Å². The van der Waals surface area contributed by atoms with Gasteiger partial charge in [-0.3, -0.25) is 9.97 Å². The van der Waals surface area contributed by atoms with Gasteiger partial charge < -0.3 is 5.32 Å². The lowest BCUT2D eigenvalue weighted by Gasteiger charge is -2.09. The molecule has 1 atom stereocenters. The first-order valence-corrected chi connectivity index (χ1v) is 9.14. The zero-order chi connectivity index (χ0) is 16.9. The quantitative estimate of drug-likeness (QED) is 0.696. The van der Waals surface area contributed by atoms with Crippen LogP contribution in [0.3, 0.4) is 0 Å². The van der Waals surface area contributed by atoms with Crippen molar-refractivity contribution >= 4 is 21.8 Å². The number of hydrogen-bond donors (Lipinski definition) is 1. The second kappa shape index (κ2) is 7.71. The van der Waals surface area contributed by atoms with E-state index in [4.69, 9.17) is 0 Å². The van der Waals surface area contributed by atoms with Gasteiger partial charge in [-0.2, -0.15) is 0 Å². The molecule has 0 bridgehead atoms. The Labute approximate surface area is 146 Å². The van der Waals surface area contributed by atoms with Crippen molar-refractivity contribution in [2.45, 2.75) is 40.0 Å². The summed E-state index contributed by atoms with van der Waals surface area (Å²) in [7, 11) is 0. The largest absolute Gasteiger partial charge is 0.316 e. The molecule has 0 saturated carbocycles. The molecule has 1 aromatic carbocycles. The fourth-order valence-electron chi connectivity index (χ4n) is 3.41. The Bertz CT molecular complexity index is 826. The van der Waals surface area contributed by atoms with Crippen LogP contribution in [0.4, 0.5) is 0 Å². The number of pyridine rings is 2. The second-order valence-corrected chi connectivity index (χ2v) is 6.45. The lowest BCUT2D eigenvalue weighted by molar-refractivity contribution is 0.532. The minimum atomic E-state index is 0. The Morgan fingerprint density at radius 1 is 1.08 bits per heavy atom. The molecule has 0 spiro atoms. The van der Waals surface area contributed by atoms with Crippen molar-refractivity contribution in [3.8, 4) is 0 Å². The molecule has 3 nitrogen and oxygen atoms in total. The molecule has 1 N–H and O–H groups in total. The number of aryl methyl sites for hydroxylation is 2. The summed E-state index contributed by atoms with van der Waals surface area (Å²) in [6, 6.07) is 8.75. The van der Waals surface area contributed by atoms with E-state index in [9.17, 15) is 0 Å². The molecule has 2 aromatic heterocycles. The van der Waals surface area contributed by atoms with Crippen LogP contribution in [0.5, 0.6) is 0 Å². The van der Waals surface area contributed by atoms with Gasteiger partial charge in [0.25, 0.3) is 0 Å². The van der Waals surface area contributed by atoms with Crippen LogP contribution in [0, 0.1) is 12.8 Å². The zero-order valence-electron chi connectivity index (χ0n) is 15.0. The van der Waals surface area contributed by atoms with E-state index in [1.165, 1.54) is 47.8 Å². The number of nitrogens with one attached hydrogen (secondary N) is 1.